The number of hydrogen-bond donors (Lipinski definition) is 4. The van der Waals surface area contributed by atoms with E-state index in [2.05, 4.69) is 30.5 Å². The van der Waals surface area contributed by atoms with Crippen molar-refractivity contribution in [3.05, 3.63) is 35.9 Å². The Labute approximate surface area is 192 Å². The van der Waals surface area contributed by atoms with Crippen molar-refractivity contribution in [2.45, 2.75) is 27.9 Å². The number of nitrogens with two attached hydrogens (primary N) is 2. The molecule has 6 N–H and O–H groups in total. The molecule has 1 fully saturated rings. The molecule has 3 aromatic rings. The second-order valence-corrected chi connectivity index (χ2v) is 11.0. The van der Waals surface area contributed by atoms with Crippen LogP contribution in [0.3, 0.4) is 0 Å². The molecule has 1 unspecified atom stereocenters. The van der Waals surface area contributed by atoms with E-state index in [0.717, 1.165) is 13.1 Å². The predicted molar refractivity (Wildman–Crippen MR) is 126 cm³/mol. The van der Waals surface area contributed by atoms with Crippen LogP contribution in [-0.4, -0.2) is 53.4 Å². The van der Waals surface area contributed by atoms with E-state index in [0.29, 0.717) is 35.0 Å². The van der Waals surface area contributed by atoms with Gasteiger partial charge < -0.3 is 16.0 Å². The fourth-order valence-corrected chi connectivity index (χ4v) is 7.15. The van der Waals surface area contributed by atoms with E-state index in [4.69, 9.17) is 10.9 Å². The Kier molecular flexibility index (Phi) is 5.56. The van der Waals surface area contributed by atoms with Gasteiger partial charge in [0.2, 0.25) is 10.0 Å². The fourth-order valence-electron chi connectivity index (χ4n) is 4.21. The minimum Gasteiger partial charge on any atom is -0.369 e. The first kappa shape index (κ1) is 21.8. The number of amidine groups is 1. The Hall–Kier alpha value is -3.00. The van der Waals surface area contributed by atoms with E-state index in [1.165, 1.54) is 0 Å². The molecule has 5 rings (SSSR count). The first-order valence-electron chi connectivity index (χ1n) is 10.3. The average molecular weight is 487 g/mol. The molecule has 13 heteroatoms. The number of anilines is 1. The molecule has 0 radical (unpaired) electrons. The minimum atomic E-state index is -4.29. The number of H-pyrrole nitrogens is 1. The standard InChI is InChI=1S/C20H22N8O3S2/c21-20-26-14-3-1-11(9-15(14)27-20)13-2-4-16(32(29)12-5-7-23-8-6-12)18(33(22,30)31)17(13)19-24-10-25-28-19/h1-4,9,12,23H,5-8,10H2,(H3,21,26,27)(H2,22,30,31). The van der Waals surface area contributed by atoms with Crippen molar-refractivity contribution in [1.29, 1.82) is 0 Å². The Balaban J connectivity index is 1.76. The summed E-state index contributed by atoms with van der Waals surface area (Å²) in [6, 6.07) is 8.69. The Morgan fingerprint density at radius 2 is 1.91 bits per heavy atom. The van der Waals surface area contributed by atoms with Gasteiger partial charge in [0.1, 0.15) is 4.90 Å². The smallest absolute Gasteiger partial charge is 0.240 e. The molecule has 2 aliphatic heterocycles. The zero-order chi connectivity index (χ0) is 23.2. The van der Waals surface area contributed by atoms with E-state index in [1.54, 1.807) is 30.3 Å². The highest BCUT2D eigenvalue weighted by Crippen LogP contribution is 2.36. The first-order chi connectivity index (χ1) is 15.8. The maximum atomic E-state index is 13.5. The summed E-state index contributed by atoms with van der Waals surface area (Å²) in [6.07, 6.45) is 1.35. The van der Waals surface area contributed by atoms with Crippen LogP contribution in [0, 0.1) is 0 Å². The molecule has 33 heavy (non-hydrogen) atoms. The lowest BCUT2D eigenvalue weighted by Gasteiger charge is -2.24. The molecule has 1 aromatic heterocycles. The number of azo groups is 1. The second kappa shape index (κ2) is 8.41. The van der Waals surface area contributed by atoms with Gasteiger partial charge in [-0.15, -0.1) is 5.11 Å². The Morgan fingerprint density at radius 3 is 2.61 bits per heavy atom. The number of hydrogen-bond acceptors (Lipinski definition) is 9. The van der Waals surface area contributed by atoms with Crippen LogP contribution in [0.5, 0.6) is 0 Å². The summed E-state index contributed by atoms with van der Waals surface area (Å²) >= 11 is 0. The summed E-state index contributed by atoms with van der Waals surface area (Å²) in [5.74, 6) is 0.414. The van der Waals surface area contributed by atoms with Crippen LogP contribution in [0.1, 0.15) is 18.4 Å². The van der Waals surface area contributed by atoms with E-state index in [-0.39, 0.29) is 39.1 Å². The van der Waals surface area contributed by atoms with Gasteiger partial charge in [0.05, 0.1) is 26.7 Å². The largest absolute Gasteiger partial charge is 0.369 e. The number of imidazole rings is 1. The number of fused-ring (bicyclic) bond motifs is 1. The van der Waals surface area contributed by atoms with Crippen LogP contribution in [0.25, 0.3) is 22.2 Å². The zero-order valence-corrected chi connectivity index (χ0v) is 19.1. The van der Waals surface area contributed by atoms with E-state index >= 15 is 0 Å². The molecule has 0 saturated carbocycles. The predicted octanol–water partition coefficient (Wildman–Crippen LogP) is 1.49. The molecular weight excluding hydrogens is 464 g/mol. The summed E-state index contributed by atoms with van der Waals surface area (Å²) in [4.78, 5) is 11.4. The third-order valence-corrected chi connectivity index (χ3v) is 8.67. The number of nitrogen functional groups attached to an aromatic ring is 1. The van der Waals surface area contributed by atoms with Crippen LogP contribution in [0.4, 0.5) is 5.95 Å². The van der Waals surface area contributed by atoms with Crippen molar-refractivity contribution in [2.75, 3.05) is 25.5 Å². The lowest BCUT2D eigenvalue weighted by Crippen LogP contribution is -2.34. The summed E-state index contributed by atoms with van der Waals surface area (Å²) in [7, 11) is -5.87. The second-order valence-electron chi connectivity index (χ2n) is 7.83. The molecule has 0 spiro atoms. The molecule has 0 bridgehead atoms. The molecule has 3 heterocycles. The minimum absolute atomic E-state index is 0.0799. The molecule has 172 valence electrons. The molecule has 1 atom stereocenters. The maximum Gasteiger partial charge on any atom is 0.240 e. The van der Waals surface area contributed by atoms with Gasteiger partial charge >= 0.3 is 0 Å². The van der Waals surface area contributed by atoms with Crippen LogP contribution in [0.2, 0.25) is 0 Å². The van der Waals surface area contributed by atoms with Gasteiger partial charge in [0.15, 0.2) is 18.5 Å². The third-order valence-electron chi connectivity index (χ3n) is 5.70. The van der Waals surface area contributed by atoms with Crippen LogP contribution >= 0.6 is 0 Å². The molecular formula is C20H22N8O3S2. The lowest BCUT2D eigenvalue weighted by atomic mass is 9.98. The summed E-state index contributed by atoms with van der Waals surface area (Å²) < 4.78 is 39.3. The number of piperidine rings is 1. The SMILES string of the molecule is Nc1nc2ccc(-c3ccc(S(=O)C4CCNCC4)c(S(N)(=O)=O)c3C3=NCN=N3)cc2[nH]1. The van der Waals surface area contributed by atoms with Crippen molar-refractivity contribution in [3.8, 4) is 11.1 Å². The van der Waals surface area contributed by atoms with Crippen LogP contribution < -0.4 is 16.2 Å². The van der Waals surface area contributed by atoms with Crippen molar-refractivity contribution in [3.63, 3.8) is 0 Å². The van der Waals surface area contributed by atoms with Crippen molar-refractivity contribution >= 4 is 43.6 Å². The zero-order valence-electron chi connectivity index (χ0n) is 17.5. The number of primary sulfonamides is 1. The number of benzene rings is 2. The van der Waals surface area contributed by atoms with Crippen LogP contribution in [-0.2, 0) is 20.8 Å². The molecule has 11 nitrogen and oxygen atoms in total. The monoisotopic (exact) mass is 486 g/mol. The Bertz CT molecular complexity index is 1440. The molecule has 2 aliphatic rings. The number of aliphatic imine (C=N–C) groups is 1. The molecule has 0 aliphatic carbocycles. The number of rotatable bonds is 5. The fraction of sp³-hybridized carbons (Fsp3) is 0.300. The highest BCUT2D eigenvalue weighted by molar-refractivity contribution is 7.91. The molecule has 1 saturated heterocycles. The van der Waals surface area contributed by atoms with Gasteiger partial charge in [-0.25, -0.2) is 23.5 Å². The normalized spacial score (nSPS) is 18.0. The number of aromatic amines is 1. The van der Waals surface area contributed by atoms with Gasteiger partial charge in [-0.1, -0.05) is 12.1 Å². The topological polar surface area (TPSA) is 181 Å². The van der Waals surface area contributed by atoms with Crippen molar-refractivity contribution in [2.24, 2.45) is 20.4 Å². The van der Waals surface area contributed by atoms with Crippen LogP contribution in [0.15, 0.2) is 55.3 Å². The highest BCUT2D eigenvalue weighted by Gasteiger charge is 2.32. The molecule has 2 aromatic carbocycles. The van der Waals surface area contributed by atoms with Gasteiger partial charge in [-0.05, 0) is 55.3 Å². The number of nitrogens with one attached hydrogen (secondary N) is 2. The highest BCUT2D eigenvalue weighted by atomic mass is 32.2. The van der Waals surface area contributed by atoms with E-state index in [1.807, 2.05) is 0 Å². The molecule has 0 amide bonds. The van der Waals surface area contributed by atoms with Crippen molar-refractivity contribution in [1.82, 2.24) is 15.3 Å². The number of aromatic nitrogens is 2. The van der Waals surface area contributed by atoms with Gasteiger partial charge in [-0.3, -0.25) is 4.21 Å². The number of nitrogens with zero attached hydrogens (tertiary/aromatic N) is 4. The van der Waals surface area contributed by atoms with E-state index in [9.17, 15) is 12.6 Å². The van der Waals surface area contributed by atoms with Gasteiger partial charge in [0.25, 0.3) is 0 Å². The average Bonchev–Trinajstić information content (AvgIpc) is 3.46. The summed E-state index contributed by atoms with van der Waals surface area (Å²) in [5.41, 5.74) is 8.53. The quantitative estimate of drug-likeness (QED) is 0.424. The van der Waals surface area contributed by atoms with Gasteiger partial charge in [0, 0.05) is 10.8 Å². The summed E-state index contributed by atoms with van der Waals surface area (Å²) in [5, 5.41) is 16.7. The van der Waals surface area contributed by atoms with Gasteiger partial charge in [-0.2, -0.15) is 5.11 Å². The summed E-state index contributed by atoms with van der Waals surface area (Å²) in [6.45, 7) is 1.52. The first-order valence-corrected chi connectivity index (χ1v) is 13.1. The maximum absolute atomic E-state index is 13.5. The lowest BCUT2D eigenvalue weighted by molar-refractivity contribution is 0.519. The Morgan fingerprint density at radius 1 is 1.12 bits per heavy atom. The van der Waals surface area contributed by atoms with Crippen molar-refractivity contribution < 1.29 is 12.6 Å². The van der Waals surface area contributed by atoms with E-state index < -0.39 is 20.8 Å². The third kappa shape index (κ3) is 4.08. The number of sulfonamides is 1.